The molecule has 1 saturated heterocycles. The van der Waals surface area contributed by atoms with Gasteiger partial charge in [0, 0.05) is 25.0 Å². The number of nitrogens with zero attached hydrogens (tertiary/aromatic N) is 3. The molecule has 2 heterocycles. The molecule has 2 atom stereocenters. The van der Waals surface area contributed by atoms with Gasteiger partial charge in [0.15, 0.2) is 6.10 Å². The summed E-state index contributed by atoms with van der Waals surface area (Å²) in [5, 5.41) is 19.9. The van der Waals surface area contributed by atoms with Crippen molar-refractivity contribution >= 4 is 35.4 Å². The van der Waals surface area contributed by atoms with Crippen LogP contribution < -0.4 is 0 Å². The number of carbonyl (C=O) groups is 4. The number of hydrogen-bond acceptors (Lipinski definition) is 8. The standard InChI is InChI=1S/C30H28ClN3O7/c1-17-24(29(37)38)26(21-11-7-10-20(15-32)27(21)31)25(18(2)33(17)12-13-40-3)30(39)41-22-14-23(35)34(28(22)36)16-19-8-5-4-6-9-19/h4-11,22,26H,12-14,16H2,1-3H3,(H,37,38)/t22-,26+/m0/s1. The van der Waals surface area contributed by atoms with E-state index in [1.807, 2.05) is 12.1 Å². The Labute approximate surface area is 242 Å². The van der Waals surface area contributed by atoms with Crippen LogP contribution in [0.15, 0.2) is 71.1 Å². The summed E-state index contributed by atoms with van der Waals surface area (Å²) in [5.74, 6) is -4.63. The van der Waals surface area contributed by atoms with Gasteiger partial charge in [0.1, 0.15) is 6.07 Å². The van der Waals surface area contributed by atoms with Crippen LogP contribution in [0.3, 0.4) is 0 Å². The molecule has 2 aliphatic heterocycles. The van der Waals surface area contributed by atoms with Crippen molar-refractivity contribution in [2.75, 3.05) is 20.3 Å². The van der Waals surface area contributed by atoms with Gasteiger partial charge in [-0.05, 0) is 31.0 Å². The highest BCUT2D eigenvalue weighted by Gasteiger charge is 2.45. The summed E-state index contributed by atoms with van der Waals surface area (Å²) in [6.07, 6.45) is -1.72. The van der Waals surface area contributed by atoms with Crippen molar-refractivity contribution in [3.05, 3.63) is 92.8 Å². The van der Waals surface area contributed by atoms with Gasteiger partial charge in [-0.3, -0.25) is 14.5 Å². The summed E-state index contributed by atoms with van der Waals surface area (Å²) in [7, 11) is 1.50. The number of likely N-dealkylation sites (tertiary alicyclic amines) is 1. The largest absolute Gasteiger partial charge is 0.478 e. The van der Waals surface area contributed by atoms with Crippen molar-refractivity contribution in [2.45, 2.75) is 38.8 Å². The zero-order valence-corrected chi connectivity index (χ0v) is 23.5. The summed E-state index contributed by atoms with van der Waals surface area (Å²) >= 11 is 6.55. The average Bonchev–Trinajstić information content (AvgIpc) is 3.20. The molecule has 0 aliphatic carbocycles. The minimum atomic E-state index is -1.38. The van der Waals surface area contributed by atoms with E-state index in [-0.39, 0.29) is 53.4 Å². The van der Waals surface area contributed by atoms with Crippen LogP contribution in [0, 0.1) is 11.3 Å². The molecule has 0 saturated carbocycles. The highest BCUT2D eigenvalue weighted by molar-refractivity contribution is 6.32. The molecule has 4 rings (SSSR count). The maximum Gasteiger partial charge on any atom is 0.337 e. The predicted octanol–water partition coefficient (Wildman–Crippen LogP) is 3.76. The second kappa shape index (κ2) is 12.4. The highest BCUT2D eigenvalue weighted by Crippen LogP contribution is 2.45. The molecular formula is C30H28ClN3O7. The van der Waals surface area contributed by atoms with Gasteiger partial charge < -0.3 is 19.5 Å². The van der Waals surface area contributed by atoms with E-state index in [1.165, 1.54) is 13.2 Å². The molecule has 0 radical (unpaired) electrons. The molecule has 2 amide bonds. The number of carbonyl (C=O) groups excluding carboxylic acids is 3. The molecule has 11 heteroatoms. The fraction of sp³-hybridized carbons (Fsp3) is 0.300. The van der Waals surface area contributed by atoms with Gasteiger partial charge in [0.2, 0.25) is 5.91 Å². The molecule has 2 aliphatic rings. The van der Waals surface area contributed by atoms with E-state index in [9.17, 15) is 29.5 Å². The van der Waals surface area contributed by atoms with E-state index in [4.69, 9.17) is 21.1 Å². The number of ether oxygens (including phenoxy) is 2. The van der Waals surface area contributed by atoms with E-state index in [1.54, 1.807) is 55.1 Å². The van der Waals surface area contributed by atoms with Crippen LogP contribution in [-0.2, 0) is 35.2 Å². The Morgan fingerprint density at radius 2 is 1.73 bits per heavy atom. The van der Waals surface area contributed by atoms with Gasteiger partial charge in [0.25, 0.3) is 5.91 Å². The quantitative estimate of drug-likeness (QED) is 0.349. The molecule has 1 N–H and O–H groups in total. The van der Waals surface area contributed by atoms with Crippen LogP contribution in [0.1, 0.15) is 42.9 Å². The number of rotatable bonds is 9. The van der Waals surface area contributed by atoms with Crippen molar-refractivity contribution in [1.82, 2.24) is 9.80 Å². The van der Waals surface area contributed by atoms with Crippen LogP contribution in [0.2, 0.25) is 5.02 Å². The second-order valence-corrected chi connectivity index (χ2v) is 9.98. The Morgan fingerprint density at radius 3 is 2.37 bits per heavy atom. The van der Waals surface area contributed by atoms with Gasteiger partial charge in [-0.1, -0.05) is 54.1 Å². The summed E-state index contributed by atoms with van der Waals surface area (Å²) in [5.41, 5.74) is 1.58. The molecule has 0 aromatic heterocycles. The first-order valence-corrected chi connectivity index (χ1v) is 13.2. The number of benzene rings is 2. The van der Waals surface area contributed by atoms with Crippen LogP contribution >= 0.6 is 11.6 Å². The molecule has 0 spiro atoms. The number of nitriles is 1. The van der Waals surface area contributed by atoms with Crippen LogP contribution in [-0.4, -0.2) is 65.0 Å². The first-order chi connectivity index (χ1) is 19.6. The Hall–Kier alpha value is -4.46. The predicted molar refractivity (Wildman–Crippen MR) is 147 cm³/mol. The number of amides is 2. The van der Waals surface area contributed by atoms with E-state index in [2.05, 4.69) is 0 Å². The second-order valence-electron chi connectivity index (χ2n) is 9.60. The molecule has 0 unspecified atom stereocenters. The maximum atomic E-state index is 13.9. The Bertz CT molecular complexity index is 1510. The minimum absolute atomic E-state index is 0.00357. The number of halogens is 1. The number of allylic oxidation sites excluding steroid dienone is 2. The van der Waals surface area contributed by atoms with E-state index < -0.39 is 35.8 Å². The van der Waals surface area contributed by atoms with Gasteiger partial charge >= 0.3 is 11.9 Å². The Kier molecular flexibility index (Phi) is 8.91. The number of imide groups is 1. The smallest absolute Gasteiger partial charge is 0.337 e. The number of esters is 1. The van der Waals surface area contributed by atoms with Crippen LogP contribution in [0.4, 0.5) is 0 Å². The summed E-state index contributed by atoms with van der Waals surface area (Å²) in [6, 6.07) is 15.5. The van der Waals surface area contributed by atoms with Gasteiger partial charge in [-0.15, -0.1) is 0 Å². The molecule has 10 nitrogen and oxygen atoms in total. The number of carboxylic acids is 1. The number of methoxy groups -OCH3 is 1. The summed E-state index contributed by atoms with van der Waals surface area (Å²) in [4.78, 5) is 55.1. The molecule has 2 aromatic rings. The third-order valence-electron chi connectivity index (χ3n) is 7.23. The van der Waals surface area contributed by atoms with Gasteiger partial charge in [-0.25, -0.2) is 9.59 Å². The van der Waals surface area contributed by atoms with Crippen LogP contribution in [0.25, 0.3) is 0 Å². The van der Waals surface area contributed by atoms with Crippen molar-refractivity contribution < 1.29 is 33.8 Å². The third kappa shape index (κ3) is 5.73. The number of hydrogen-bond donors (Lipinski definition) is 1. The van der Waals surface area contributed by atoms with Gasteiger partial charge in [0.05, 0.1) is 47.2 Å². The lowest BCUT2D eigenvalue weighted by Crippen LogP contribution is -2.38. The molecule has 1 fully saturated rings. The minimum Gasteiger partial charge on any atom is -0.478 e. The number of aliphatic carboxylic acids is 1. The topological polar surface area (TPSA) is 137 Å². The fourth-order valence-corrected chi connectivity index (χ4v) is 5.48. The molecule has 2 aromatic carbocycles. The van der Waals surface area contributed by atoms with E-state index >= 15 is 0 Å². The van der Waals surface area contributed by atoms with Crippen molar-refractivity contribution in [3.63, 3.8) is 0 Å². The average molecular weight is 578 g/mol. The third-order valence-corrected chi connectivity index (χ3v) is 7.65. The molecule has 41 heavy (non-hydrogen) atoms. The molecular weight excluding hydrogens is 550 g/mol. The Balaban J connectivity index is 1.75. The zero-order valence-electron chi connectivity index (χ0n) is 22.7. The maximum absolute atomic E-state index is 13.9. The number of carboxylic acid groups (broad SMARTS) is 1. The molecule has 212 valence electrons. The summed E-state index contributed by atoms with van der Waals surface area (Å²) in [6.45, 7) is 3.73. The van der Waals surface area contributed by atoms with E-state index in [0.29, 0.717) is 11.4 Å². The first-order valence-electron chi connectivity index (χ1n) is 12.8. The SMILES string of the molecule is COCCN1C(C)=C(C(=O)O)[C@@H](c2cccc(C#N)c2Cl)C(C(=O)O[C@H]2CC(=O)N(Cc3ccccc3)C2=O)=C1C. The van der Waals surface area contributed by atoms with Gasteiger partial charge in [-0.2, -0.15) is 5.26 Å². The van der Waals surface area contributed by atoms with Crippen molar-refractivity contribution in [1.29, 1.82) is 5.26 Å². The molecule has 0 bridgehead atoms. The van der Waals surface area contributed by atoms with Crippen LogP contribution in [0.5, 0.6) is 0 Å². The summed E-state index contributed by atoms with van der Waals surface area (Å²) < 4.78 is 10.8. The monoisotopic (exact) mass is 577 g/mol. The first kappa shape index (κ1) is 29.5. The van der Waals surface area contributed by atoms with Crippen molar-refractivity contribution in [2.24, 2.45) is 0 Å². The lowest BCUT2D eigenvalue weighted by atomic mass is 9.79. The van der Waals surface area contributed by atoms with Crippen molar-refractivity contribution in [3.8, 4) is 6.07 Å². The normalized spacial score (nSPS) is 19.1. The Morgan fingerprint density at radius 1 is 1.05 bits per heavy atom. The fourth-order valence-electron chi connectivity index (χ4n) is 5.21. The van der Waals surface area contributed by atoms with E-state index in [0.717, 1.165) is 10.5 Å². The lowest BCUT2D eigenvalue weighted by molar-refractivity contribution is -0.154. The zero-order chi connectivity index (χ0) is 29.8. The lowest BCUT2D eigenvalue weighted by Gasteiger charge is -2.37. The highest BCUT2D eigenvalue weighted by atomic mass is 35.5.